The van der Waals surface area contributed by atoms with Crippen molar-refractivity contribution in [3.05, 3.63) is 65.7 Å². The summed E-state index contributed by atoms with van der Waals surface area (Å²) in [6.45, 7) is 3.25. The summed E-state index contributed by atoms with van der Waals surface area (Å²) in [4.78, 5) is 75.4. The highest BCUT2D eigenvalue weighted by molar-refractivity contribution is 8.13. The van der Waals surface area contributed by atoms with E-state index in [1.807, 2.05) is 0 Å². The van der Waals surface area contributed by atoms with Gasteiger partial charge in [-0.05, 0) is 23.3 Å². The van der Waals surface area contributed by atoms with E-state index >= 15 is 0 Å². The van der Waals surface area contributed by atoms with Crippen LogP contribution in [0.3, 0.4) is 0 Å². The van der Waals surface area contributed by atoms with Gasteiger partial charge in [-0.1, -0.05) is 68.1 Å². The number of aromatic hydroxyl groups is 1. The molecule has 0 fully saturated rings. The number of phenolic OH excluding ortho intramolecular Hbond substituents is 1. The van der Waals surface area contributed by atoms with Gasteiger partial charge in [-0.2, -0.15) is 0 Å². The largest absolute Gasteiger partial charge is 0.508 e. The summed E-state index contributed by atoms with van der Waals surface area (Å²) in [5, 5.41) is 38.5. The number of thioether (sulfide) groups is 1. The topological polar surface area (TPSA) is 246 Å². The third-order valence-corrected chi connectivity index (χ3v) is 7.92. The molecule has 0 aromatic heterocycles. The number of amides is 4. The number of carbonyl (C=O) groups excluding carboxylic acids is 6. The van der Waals surface area contributed by atoms with Crippen molar-refractivity contribution in [2.45, 2.75) is 51.4 Å². The van der Waals surface area contributed by atoms with E-state index in [0.717, 1.165) is 18.7 Å². The Morgan fingerprint density at radius 3 is 2.12 bits per heavy atom. The van der Waals surface area contributed by atoms with Crippen LogP contribution in [0.25, 0.3) is 0 Å². The van der Waals surface area contributed by atoms with Gasteiger partial charge in [-0.15, -0.1) is 0 Å². The fourth-order valence-corrected chi connectivity index (χ4v) is 4.76. The molecular weight excluding hydrogens is 646 g/mol. The van der Waals surface area contributed by atoms with E-state index in [2.05, 4.69) is 21.3 Å². The van der Waals surface area contributed by atoms with E-state index in [-0.39, 0.29) is 31.0 Å². The second-order valence-corrected chi connectivity index (χ2v) is 12.5. The molecule has 0 spiro atoms. The normalized spacial score (nSPS) is 13.6. The summed E-state index contributed by atoms with van der Waals surface area (Å²) >= 11 is 0.840. The maximum Gasteiger partial charge on any atom is 0.302 e. The molecule has 1 unspecified atom stereocenters. The lowest BCUT2D eigenvalue weighted by molar-refractivity contribution is -0.144. The Balaban J connectivity index is 1.99. The van der Waals surface area contributed by atoms with Gasteiger partial charge >= 0.3 is 5.97 Å². The summed E-state index contributed by atoms with van der Waals surface area (Å²) in [6, 6.07) is 10.1. The van der Waals surface area contributed by atoms with Crippen molar-refractivity contribution in [3.63, 3.8) is 0 Å². The molecule has 4 atom stereocenters. The molecule has 48 heavy (non-hydrogen) atoms. The van der Waals surface area contributed by atoms with Crippen LogP contribution in [0.5, 0.6) is 5.75 Å². The van der Waals surface area contributed by atoms with Crippen LogP contribution in [0.4, 0.5) is 0 Å². The summed E-state index contributed by atoms with van der Waals surface area (Å²) in [5.41, 5.74) is 5.78. The molecule has 2 rings (SSSR count). The average molecular weight is 690 g/mol. The zero-order chi connectivity index (χ0) is 35.9. The number of aliphatic hydroxyl groups excluding tert-OH is 2. The summed E-state index contributed by atoms with van der Waals surface area (Å²) < 4.78 is 4.99. The summed E-state index contributed by atoms with van der Waals surface area (Å²) in [7, 11) is 0. The SMILES string of the molecule is CC(=O)OC[C@H](NC(=O)[C@H](N)c1ccc(O)cc1)C(=O)NC(C(=O)SCCNC(=O)CCNC(=O)[C@H](O)C(C)(C)CO)c1ccccc1. The zero-order valence-electron chi connectivity index (χ0n) is 26.9. The van der Waals surface area contributed by atoms with E-state index in [1.54, 1.807) is 30.3 Å². The minimum absolute atomic E-state index is 0.0302. The van der Waals surface area contributed by atoms with Crippen LogP contribution >= 0.6 is 11.8 Å². The number of nitrogens with one attached hydrogen (secondary N) is 4. The van der Waals surface area contributed by atoms with Gasteiger partial charge < -0.3 is 47.1 Å². The first-order valence-electron chi connectivity index (χ1n) is 15.0. The van der Waals surface area contributed by atoms with Crippen LogP contribution in [0.15, 0.2) is 54.6 Å². The molecule has 0 bridgehead atoms. The lowest BCUT2D eigenvalue weighted by Gasteiger charge is -2.27. The minimum Gasteiger partial charge on any atom is -0.508 e. The Morgan fingerprint density at radius 1 is 0.875 bits per heavy atom. The molecular formula is C32H43N5O10S. The Bertz CT molecular complexity index is 1410. The van der Waals surface area contributed by atoms with Gasteiger partial charge in [-0.25, -0.2) is 0 Å². The molecule has 0 saturated carbocycles. The number of benzene rings is 2. The molecule has 0 aliphatic heterocycles. The highest BCUT2D eigenvalue weighted by atomic mass is 32.2. The summed E-state index contributed by atoms with van der Waals surface area (Å²) in [6.07, 6.45) is -1.55. The Kier molecular flexibility index (Phi) is 16.0. The molecule has 15 nitrogen and oxygen atoms in total. The molecule has 0 saturated heterocycles. The van der Waals surface area contributed by atoms with Gasteiger partial charge in [0.2, 0.25) is 28.7 Å². The smallest absolute Gasteiger partial charge is 0.302 e. The first kappa shape index (κ1) is 39.7. The summed E-state index contributed by atoms with van der Waals surface area (Å²) in [5.74, 6) is -3.33. The lowest BCUT2D eigenvalue weighted by atomic mass is 9.87. The van der Waals surface area contributed by atoms with E-state index in [4.69, 9.17) is 10.5 Å². The van der Waals surface area contributed by atoms with E-state index < -0.39 is 77.6 Å². The molecule has 4 amide bonds. The zero-order valence-corrected chi connectivity index (χ0v) is 27.7. The first-order chi connectivity index (χ1) is 22.7. The highest BCUT2D eigenvalue weighted by Gasteiger charge is 2.33. The van der Waals surface area contributed by atoms with Crippen molar-refractivity contribution >= 4 is 46.5 Å². The molecule has 0 aliphatic rings. The third-order valence-electron chi connectivity index (χ3n) is 6.99. The third kappa shape index (κ3) is 12.9. The first-order valence-corrected chi connectivity index (χ1v) is 16.0. The highest BCUT2D eigenvalue weighted by Crippen LogP contribution is 2.21. The lowest BCUT2D eigenvalue weighted by Crippen LogP contribution is -2.53. The van der Waals surface area contributed by atoms with Crippen molar-refractivity contribution in [2.75, 3.05) is 32.1 Å². The second-order valence-electron chi connectivity index (χ2n) is 11.4. The predicted octanol–water partition coefficient (Wildman–Crippen LogP) is -0.441. The quantitative estimate of drug-likeness (QED) is 0.0733. The molecule has 0 aliphatic carbocycles. The van der Waals surface area contributed by atoms with Crippen molar-refractivity contribution in [1.29, 1.82) is 0 Å². The number of hydrogen-bond donors (Lipinski definition) is 8. The number of ether oxygens (including phenoxy) is 1. The average Bonchev–Trinajstić information content (AvgIpc) is 3.06. The number of rotatable bonds is 18. The van der Waals surface area contributed by atoms with Gasteiger partial charge in [0.25, 0.3) is 0 Å². The second kappa shape index (κ2) is 19.3. The maximum absolute atomic E-state index is 13.4. The molecule has 2 aromatic carbocycles. The van der Waals surface area contributed by atoms with Crippen molar-refractivity contribution < 1.29 is 48.8 Å². The number of hydrogen-bond acceptors (Lipinski definition) is 12. The predicted molar refractivity (Wildman–Crippen MR) is 176 cm³/mol. The van der Waals surface area contributed by atoms with Crippen LogP contribution < -0.4 is 27.0 Å². The number of aliphatic hydroxyl groups is 2. The number of nitrogens with two attached hydrogens (primary N) is 1. The van der Waals surface area contributed by atoms with E-state index in [9.17, 15) is 44.1 Å². The van der Waals surface area contributed by atoms with Gasteiger partial charge in [0.05, 0.1) is 6.61 Å². The van der Waals surface area contributed by atoms with E-state index in [0.29, 0.717) is 11.1 Å². The van der Waals surface area contributed by atoms with E-state index in [1.165, 1.54) is 38.1 Å². The standard InChI is InChI=1S/C32H43N5O10S/c1-19(39)47-17-23(36-29(44)25(33)20-9-11-22(40)12-10-20)28(43)37-26(21-7-5-4-6-8-21)31(46)48-16-15-34-24(41)13-14-35-30(45)27(42)32(2,3)18-38/h4-12,23,25-27,38,40,42H,13-18,33H2,1-3H3,(H,34,41)(H,35,45)(H,36,44)(H,37,43)/t23-,25+,26?,27-/m0/s1. The molecule has 2 aromatic rings. The van der Waals surface area contributed by atoms with Gasteiger partial charge in [0.1, 0.15) is 36.6 Å². The number of esters is 1. The van der Waals surface area contributed by atoms with Crippen LogP contribution in [0.1, 0.15) is 50.4 Å². The van der Waals surface area contributed by atoms with Gasteiger partial charge in [0.15, 0.2) is 0 Å². The van der Waals surface area contributed by atoms with Crippen LogP contribution in [-0.2, 0) is 33.5 Å². The molecule has 0 radical (unpaired) electrons. The Labute approximate surface area is 282 Å². The minimum atomic E-state index is -1.46. The van der Waals surface area contributed by atoms with Crippen molar-refractivity contribution in [1.82, 2.24) is 21.3 Å². The molecule has 0 heterocycles. The van der Waals surface area contributed by atoms with Gasteiger partial charge in [-0.3, -0.25) is 28.8 Å². The van der Waals surface area contributed by atoms with Crippen LogP contribution in [0.2, 0.25) is 0 Å². The number of carbonyl (C=O) groups is 6. The van der Waals surface area contributed by atoms with Crippen molar-refractivity contribution in [3.8, 4) is 5.75 Å². The fourth-order valence-electron chi connectivity index (χ4n) is 4.00. The molecule has 16 heteroatoms. The maximum atomic E-state index is 13.4. The fraction of sp³-hybridized carbons (Fsp3) is 0.438. The van der Waals surface area contributed by atoms with Crippen molar-refractivity contribution in [2.24, 2.45) is 11.1 Å². The van der Waals surface area contributed by atoms with Gasteiger partial charge in [0, 0.05) is 37.6 Å². The van der Waals surface area contributed by atoms with Crippen LogP contribution in [-0.4, -0.2) is 94.2 Å². The van der Waals surface area contributed by atoms with Crippen LogP contribution in [0, 0.1) is 5.41 Å². The Morgan fingerprint density at radius 2 is 1.52 bits per heavy atom. The molecule has 9 N–H and O–H groups in total. The number of phenols is 1. The molecule has 262 valence electrons. The monoisotopic (exact) mass is 689 g/mol. The Hall–Kier alpha value is -4.51.